The zero-order chi connectivity index (χ0) is 20.6. The van der Waals surface area contributed by atoms with Crippen LogP contribution in [0.5, 0.6) is 5.75 Å². The zero-order valence-corrected chi connectivity index (χ0v) is 16.6. The molecule has 0 radical (unpaired) electrons. The van der Waals surface area contributed by atoms with Crippen LogP contribution in [0, 0.1) is 16.0 Å². The Morgan fingerprint density at radius 1 is 1.21 bits per heavy atom. The van der Waals surface area contributed by atoms with Crippen molar-refractivity contribution in [1.82, 2.24) is 10.2 Å². The first kappa shape index (κ1) is 20.8. The van der Waals surface area contributed by atoms with Crippen LogP contribution >= 0.6 is 0 Å². The van der Waals surface area contributed by atoms with E-state index in [-0.39, 0.29) is 24.2 Å². The van der Waals surface area contributed by atoms with E-state index in [1.807, 2.05) is 18.2 Å². The van der Waals surface area contributed by atoms with E-state index in [0.717, 1.165) is 31.8 Å². The topological polar surface area (TPSA) is 84.7 Å². The highest BCUT2D eigenvalue weighted by Gasteiger charge is 2.25. The zero-order valence-electron chi connectivity index (χ0n) is 16.6. The van der Waals surface area contributed by atoms with Crippen LogP contribution < -0.4 is 10.1 Å². The molecule has 2 aromatic carbocycles. The third-order valence-corrected chi connectivity index (χ3v) is 5.33. The summed E-state index contributed by atoms with van der Waals surface area (Å²) in [7, 11) is 0. The van der Waals surface area contributed by atoms with Gasteiger partial charge in [0.2, 0.25) is 0 Å². The number of likely N-dealkylation sites (tertiary alicyclic amines) is 1. The van der Waals surface area contributed by atoms with Gasteiger partial charge in [-0.05, 0) is 43.5 Å². The van der Waals surface area contributed by atoms with E-state index < -0.39 is 4.92 Å². The number of hydrogen-bond acceptors (Lipinski definition) is 5. The van der Waals surface area contributed by atoms with Gasteiger partial charge >= 0.3 is 0 Å². The fourth-order valence-corrected chi connectivity index (χ4v) is 3.57. The molecule has 29 heavy (non-hydrogen) atoms. The van der Waals surface area contributed by atoms with E-state index in [1.54, 1.807) is 6.07 Å². The number of piperidine rings is 1. The van der Waals surface area contributed by atoms with Crippen molar-refractivity contribution in [2.75, 3.05) is 26.2 Å². The molecule has 0 saturated carbocycles. The number of carbonyl (C=O) groups excluding carboxylic acids is 1. The molecule has 1 amide bonds. The molecule has 1 heterocycles. The maximum atomic E-state index is 12.3. The number of nitro groups is 1. The third kappa shape index (κ3) is 6.02. The van der Waals surface area contributed by atoms with Gasteiger partial charge in [-0.3, -0.25) is 19.8 Å². The fraction of sp³-hybridized carbons (Fsp3) is 0.409. The molecule has 0 spiro atoms. The Bertz CT molecular complexity index is 820. The number of non-ortho nitro benzene ring substituents is 1. The summed E-state index contributed by atoms with van der Waals surface area (Å²) in [5, 5.41) is 13.8. The number of benzene rings is 2. The summed E-state index contributed by atoms with van der Waals surface area (Å²) in [5.41, 5.74) is 1.12. The predicted molar refractivity (Wildman–Crippen MR) is 111 cm³/mol. The minimum absolute atomic E-state index is 0.0635. The Morgan fingerprint density at radius 2 is 1.93 bits per heavy atom. The lowest BCUT2D eigenvalue weighted by Gasteiger charge is -2.37. The van der Waals surface area contributed by atoms with Gasteiger partial charge in [-0.1, -0.05) is 43.3 Å². The summed E-state index contributed by atoms with van der Waals surface area (Å²) in [4.78, 5) is 25.1. The van der Waals surface area contributed by atoms with Crippen molar-refractivity contribution in [2.45, 2.75) is 25.8 Å². The second kappa shape index (κ2) is 10.0. The maximum Gasteiger partial charge on any atom is 0.273 e. The highest BCUT2D eigenvalue weighted by molar-refractivity contribution is 5.77. The van der Waals surface area contributed by atoms with Crippen LogP contribution in [-0.2, 0) is 4.79 Å². The molecule has 1 unspecified atom stereocenters. The first-order chi connectivity index (χ1) is 14.0. The van der Waals surface area contributed by atoms with Crippen molar-refractivity contribution in [3.63, 3.8) is 0 Å². The molecular formula is C22H27N3O4. The van der Waals surface area contributed by atoms with Gasteiger partial charge in [0, 0.05) is 12.6 Å². The molecule has 1 aliphatic rings. The molecule has 0 aliphatic carbocycles. The van der Waals surface area contributed by atoms with Crippen molar-refractivity contribution in [2.24, 2.45) is 5.92 Å². The van der Waals surface area contributed by atoms with Crippen molar-refractivity contribution in [3.8, 4) is 5.75 Å². The number of nitrogens with one attached hydrogen (secondary N) is 1. The summed E-state index contributed by atoms with van der Waals surface area (Å²) in [6, 6.07) is 16.2. The van der Waals surface area contributed by atoms with Crippen LogP contribution in [0.1, 0.15) is 31.4 Å². The molecule has 7 heteroatoms. The lowest BCUT2D eigenvalue weighted by atomic mass is 9.95. The van der Waals surface area contributed by atoms with Crippen molar-refractivity contribution in [1.29, 1.82) is 0 Å². The summed E-state index contributed by atoms with van der Waals surface area (Å²) in [6.07, 6.45) is 2.32. The Hall–Kier alpha value is -2.93. The van der Waals surface area contributed by atoms with E-state index in [1.165, 1.54) is 23.8 Å². The predicted octanol–water partition coefficient (Wildman–Crippen LogP) is 3.56. The van der Waals surface area contributed by atoms with Crippen LogP contribution in [0.4, 0.5) is 5.69 Å². The van der Waals surface area contributed by atoms with Crippen LogP contribution in [0.15, 0.2) is 54.6 Å². The number of ether oxygens (including phenoxy) is 1. The summed E-state index contributed by atoms with van der Waals surface area (Å²) in [6.45, 7) is 4.62. The molecular weight excluding hydrogens is 370 g/mol. The molecule has 1 aliphatic heterocycles. The standard InChI is InChI=1S/C22H27N3O4/c1-17-10-12-24(13-11-17)21(18-6-3-2-4-7-18)15-23-22(26)16-29-20-9-5-8-19(14-20)25(27)28/h2-9,14,17,21H,10-13,15-16H2,1H3,(H,23,26). The quantitative estimate of drug-likeness (QED) is 0.544. The van der Waals surface area contributed by atoms with E-state index >= 15 is 0 Å². The highest BCUT2D eigenvalue weighted by Crippen LogP contribution is 2.26. The molecule has 3 rings (SSSR count). The molecule has 154 valence electrons. The normalized spacial score (nSPS) is 16.2. The Morgan fingerprint density at radius 3 is 2.62 bits per heavy atom. The number of nitro benzene ring substituents is 1. The summed E-state index contributed by atoms with van der Waals surface area (Å²) < 4.78 is 5.43. The second-order valence-corrected chi connectivity index (χ2v) is 7.49. The van der Waals surface area contributed by atoms with E-state index in [0.29, 0.717) is 12.3 Å². The van der Waals surface area contributed by atoms with Gasteiger partial charge in [-0.2, -0.15) is 0 Å². The van der Waals surface area contributed by atoms with Gasteiger partial charge in [0.1, 0.15) is 5.75 Å². The number of hydrogen-bond donors (Lipinski definition) is 1. The maximum absolute atomic E-state index is 12.3. The average Bonchev–Trinajstić information content (AvgIpc) is 2.74. The van der Waals surface area contributed by atoms with Gasteiger partial charge in [0.05, 0.1) is 17.0 Å². The molecule has 0 bridgehead atoms. The first-order valence-corrected chi connectivity index (χ1v) is 9.96. The SMILES string of the molecule is CC1CCN(C(CNC(=O)COc2cccc([N+](=O)[O-])c2)c2ccccc2)CC1. The molecule has 2 aromatic rings. The average molecular weight is 397 g/mol. The largest absolute Gasteiger partial charge is 0.484 e. The summed E-state index contributed by atoms with van der Waals surface area (Å²) in [5.74, 6) is 0.794. The highest BCUT2D eigenvalue weighted by atomic mass is 16.6. The first-order valence-electron chi connectivity index (χ1n) is 9.96. The third-order valence-electron chi connectivity index (χ3n) is 5.33. The van der Waals surface area contributed by atoms with Crippen molar-refractivity contribution in [3.05, 3.63) is 70.3 Å². The van der Waals surface area contributed by atoms with Gasteiger partial charge < -0.3 is 10.1 Å². The number of nitrogens with zero attached hydrogens (tertiary/aromatic N) is 2. The minimum atomic E-state index is -0.489. The number of carbonyl (C=O) groups is 1. The van der Waals surface area contributed by atoms with Crippen molar-refractivity contribution >= 4 is 11.6 Å². The van der Waals surface area contributed by atoms with Crippen LogP contribution in [0.25, 0.3) is 0 Å². The molecule has 1 fully saturated rings. The van der Waals surface area contributed by atoms with E-state index in [9.17, 15) is 14.9 Å². The summed E-state index contributed by atoms with van der Waals surface area (Å²) >= 11 is 0. The fourth-order valence-electron chi connectivity index (χ4n) is 3.57. The van der Waals surface area contributed by atoms with Gasteiger partial charge in [0.15, 0.2) is 6.61 Å². The molecule has 7 nitrogen and oxygen atoms in total. The number of amides is 1. The molecule has 1 saturated heterocycles. The van der Waals surface area contributed by atoms with Crippen molar-refractivity contribution < 1.29 is 14.5 Å². The smallest absolute Gasteiger partial charge is 0.273 e. The molecule has 1 atom stereocenters. The lowest BCUT2D eigenvalue weighted by molar-refractivity contribution is -0.384. The Labute approximate surface area is 170 Å². The molecule has 1 N–H and O–H groups in total. The monoisotopic (exact) mass is 397 g/mol. The Balaban J connectivity index is 1.56. The minimum Gasteiger partial charge on any atom is -0.484 e. The molecule has 0 aromatic heterocycles. The number of rotatable bonds is 8. The Kier molecular flexibility index (Phi) is 7.19. The van der Waals surface area contributed by atoms with Gasteiger partial charge in [-0.25, -0.2) is 0 Å². The second-order valence-electron chi connectivity index (χ2n) is 7.49. The van der Waals surface area contributed by atoms with E-state index in [4.69, 9.17) is 4.74 Å². The van der Waals surface area contributed by atoms with Crippen LogP contribution in [0.2, 0.25) is 0 Å². The van der Waals surface area contributed by atoms with Gasteiger partial charge in [0.25, 0.3) is 11.6 Å². The van der Waals surface area contributed by atoms with E-state index in [2.05, 4.69) is 29.3 Å². The van der Waals surface area contributed by atoms with Crippen LogP contribution in [-0.4, -0.2) is 42.0 Å². The van der Waals surface area contributed by atoms with Gasteiger partial charge in [-0.15, -0.1) is 0 Å². The lowest BCUT2D eigenvalue weighted by Crippen LogP contribution is -2.42. The van der Waals surface area contributed by atoms with Crippen LogP contribution in [0.3, 0.4) is 0 Å².